The van der Waals surface area contributed by atoms with Gasteiger partial charge in [-0.25, -0.2) is 4.39 Å². The predicted molar refractivity (Wildman–Crippen MR) is 63.7 cm³/mol. The van der Waals surface area contributed by atoms with Gasteiger partial charge in [0.1, 0.15) is 5.82 Å². The molecule has 1 rings (SSSR count). The summed E-state index contributed by atoms with van der Waals surface area (Å²) in [6, 6.07) is 6.69. The normalized spacial score (nSPS) is 15.3. The van der Waals surface area contributed by atoms with Gasteiger partial charge in [0.15, 0.2) is 0 Å². The van der Waals surface area contributed by atoms with Crippen LogP contribution in [0.2, 0.25) is 0 Å². The Bertz CT molecular complexity index is 282. The summed E-state index contributed by atoms with van der Waals surface area (Å²) in [4.78, 5) is 0. The van der Waals surface area contributed by atoms with Gasteiger partial charge in [-0.2, -0.15) is 0 Å². The summed E-state index contributed by atoms with van der Waals surface area (Å²) < 4.78 is 12.7. The van der Waals surface area contributed by atoms with E-state index in [2.05, 4.69) is 13.8 Å². The van der Waals surface area contributed by atoms with E-state index in [9.17, 15) is 4.39 Å². The van der Waals surface area contributed by atoms with Gasteiger partial charge < -0.3 is 0 Å². The van der Waals surface area contributed by atoms with E-state index in [0.717, 1.165) is 12.0 Å². The summed E-state index contributed by atoms with van der Waals surface area (Å²) in [6.45, 7) is 6.37. The fourth-order valence-electron chi connectivity index (χ4n) is 1.82. The zero-order valence-corrected chi connectivity index (χ0v) is 10.3. The summed E-state index contributed by atoms with van der Waals surface area (Å²) >= 11 is 6.15. The Morgan fingerprint density at radius 1 is 1.13 bits per heavy atom. The van der Waals surface area contributed by atoms with Gasteiger partial charge in [0.05, 0.1) is 0 Å². The quantitative estimate of drug-likeness (QED) is 0.676. The molecule has 2 atom stereocenters. The van der Waals surface area contributed by atoms with Gasteiger partial charge >= 0.3 is 0 Å². The molecular formula is C13H18ClF. The predicted octanol–water partition coefficient (Wildman–Crippen LogP) is 4.27. The molecule has 0 radical (unpaired) electrons. The third-order valence-corrected chi connectivity index (χ3v) is 3.15. The Labute approximate surface area is 96.5 Å². The molecule has 0 aliphatic rings. The summed E-state index contributed by atoms with van der Waals surface area (Å²) in [5, 5.41) is 0.148. The van der Waals surface area contributed by atoms with Crippen LogP contribution in [-0.4, -0.2) is 5.38 Å². The maximum atomic E-state index is 12.7. The molecule has 2 heteroatoms. The Morgan fingerprint density at radius 2 is 1.67 bits per heavy atom. The van der Waals surface area contributed by atoms with Crippen LogP contribution in [0.25, 0.3) is 0 Å². The average molecular weight is 229 g/mol. The molecule has 0 aliphatic heterocycles. The van der Waals surface area contributed by atoms with Crippen LogP contribution in [0, 0.1) is 17.7 Å². The van der Waals surface area contributed by atoms with Crippen molar-refractivity contribution in [2.45, 2.75) is 32.6 Å². The van der Waals surface area contributed by atoms with Gasteiger partial charge in [0.25, 0.3) is 0 Å². The summed E-state index contributed by atoms with van der Waals surface area (Å²) in [5.41, 5.74) is 1.16. The zero-order valence-electron chi connectivity index (χ0n) is 9.50. The van der Waals surface area contributed by atoms with Gasteiger partial charge in [-0.1, -0.05) is 26.0 Å². The van der Waals surface area contributed by atoms with Crippen LogP contribution in [0.4, 0.5) is 4.39 Å². The van der Waals surface area contributed by atoms with Crippen LogP contribution < -0.4 is 0 Å². The van der Waals surface area contributed by atoms with Crippen molar-refractivity contribution in [1.29, 1.82) is 0 Å². The van der Waals surface area contributed by atoms with Crippen LogP contribution in [0.1, 0.15) is 26.3 Å². The molecule has 0 aliphatic carbocycles. The van der Waals surface area contributed by atoms with E-state index in [1.54, 1.807) is 0 Å². The van der Waals surface area contributed by atoms with E-state index >= 15 is 0 Å². The molecule has 0 bridgehead atoms. The first-order valence-electron chi connectivity index (χ1n) is 5.39. The number of benzene rings is 1. The summed E-state index contributed by atoms with van der Waals surface area (Å²) in [6.07, 6.45) is 0.919. The molecule has 1 aromatic rings. The van der Waals surface area contributed by atoms with Crippen LogP contribution in [0.5, 0.6) is 0 Å². The number of rotatable bonds is 4. The highest BCUT2D eigenvalue weighted by Gasteiger charge is 2.19. The minimum absolute atomic E-state index is 0.148. The summed E-state index contributed by atoms with van der Waals surface area (Å²) in [5.74, 6) is 0.804. The lowest BCUT2D eigenvalue weighted by atomic mass is 9.87. The van der Waals surface area contributed by atoms with Crippen molar-refractivity contribution < 1.29 is 4.39 Å². The molecule has 0 N–H and O–H groups in total. The van der Waals surface area contributed by atoms with E-state index < -0.39 is 0 Å². The minimum atomic E-state index is -0.182. The molecule has 0 saturated heterocycles. The molecule has 0 nitrogen and oxygen atoms in total. The van der Waals surface area contributed by atoms with E-state index in [1.165, 1.54) is 12.1 Å². The lowest BCUT2D eigenvalue weighted by Gasteiger charge is -2.23. The van der Waals surface area contributed by atoms with Gasteiger partial charge in [-0.15, -0.1) is 11.6 Å². The highest BCUT2D eigenvalue weighted by molar-refractivity contribution is 6.20. The first-order chi connectivity index (χ1) is 7.00. The average Bonchev–Trinajstić information content (AvgIpc) is 2.15. The number of alkyl halides is 1. The van der Waals surface area contributed by atoms with E-state index in [4.69, 9.17) is 11.6 Å². The molecule has 0 heterocycles. The van der Waals surface area contributed by atoms with E-state index in [-0.39, 0.29) is 11.2 Å². The monoisotopic (exact) mass is 228 g/mol. The van der Waals surface area contributed by atoms with Crippen molar-refractivity contribution in [3.05, 3.63) is 35.6 Å². The fourth-order valence-corrected chi connectivity index (χ4v) is 2.20. The minimum Gasteiger partial charge on any atom is -0.207 e. The van der Waals surface area contributed by atoms with Crippen LogP contribution in [0.15, 0.2) is 24.3 Å². The Morgan fingerprint density at radius 3 is 2.07 bits per heavy atom. The lowest BCUT2D eigenvalue weighted by molar-refractivity contribution is 0.376. The topological polar surface area (TPSA) is 0 Å². The van der Waals surface area contributed by atoms with Crippen molar-refractivity contribution in [2.75, 3.05) is 0 Å². The fraction of sp³-hybridized carbons (Fsp3) is 0.538. The van der Waals surface area contributed by atoms with Gasteiger partial charge in [0.2, 0.25) is 0 Å². The highest BCUT2D eigenvalue weighted by Crippen LogP contribution is 2.24. The molecule has 0 saturated carbocycles. The largest absolute Gasteiger partial charge is 0.207 e. The van der Waals surface area contributed by atoms with Crippen molar-refractivity contribution in [3.63, 3.8) is 0 Å². The van der Waals surface area contributed by atoms with Crippen LogP contribution >= 0.6 is 11.6 Å². The van der Waals surface area contributed by atoms with Crippen molar-refractivity contribution >= 4 is 11.6 Å². The van der Waals surface area contributed by atoms with Crippen LogP contribution in [-0.2, 0) is 6.42 Å². The van der Waals surface area contributed by atoms with E-state index in [1.807, 2.05) is 19.1 Å². The van der Waals surface area contributed by atoms with Crippen molar-refractivity contribution in [1.82, 2.24) is 0 Å². The Hall–Kier alpha value is -0.560. The van der Waals surface area contributed by atoms with E-state index in [0.29, 0.717) is 11.8 Å². The van der Waals surface area contributed by atoms with Gasteiger partial charge in [0, 0.05) is 5.38 Å². The third kappa shape index (κ3) is 3.83. The molecule has 0 aromatic heterocycles. The third-order valence-electron chi connectivity index (χ3n) is 2.83. The molecule has 0 spiro atoms. The van der Waals surface area contributed by atoms with Crippen LogP contribution in [0.3, 0.4) is 0 Å². The molecule has 0 fully saturated rings. The first kappa shape index (κ1) is 12.5. The first-order valence-corrected chi connectivity index (χ1v) is 5.83. The SMILES string of the molecule is CC(C)C(Cc1ccc(F)cc1)C(C)Cl. The van der Waals surface area contributed by atoms with Gasteiger partial charge in [-0.3, -0.25) is 0 Å². The number of hydrogen-bond donors (Lipinski definition) is 0. The standard InChI is InChI=1S/C13H18ClF/c1-9(2)13(10(3)14)8-11-4-6-12(15)7-5-11/h4-7,9-10,13H,8H2,1-3H3. The molecule has 2 unspecified atom stereocenters. The molecular weight excluding hydrogens is 211 g/mol. The second kappa shape index (κ2) is 5.50. The number of hydrogen-bond acceptors (Lipinski definition) is 0. The second-order valence-electron chi connectivity index (χ2n) is 4.42. The zero-order chi connectivity index (χ0) is 11.4. The molecule has 0 amide bonds. The summed E-state index contributed by atoms with van der Waals surface area (Å²) in [7, 11) is 0. The van der Waals surface area contributed by atoms with Crippen molar-refractivity contribution in [2.24, 2.45) is 11.8 Å². The Balaban J connectivity index is 2.70. The number of halogens is 2. The Kier molecular flexibility index (Phi) is 4.59. The maximum Gasteiger partial charge on any atom is 0.123 e. The lowest BCUT2D eigenvalue weighted by Crippen LogP contribution is -2.20. The smallest absolute Gasteiger partial charge is 0.123 e. The second-order valence-corrected chi connectivity index (χ2v) is 5.10. The molecule has 1 aromatic carbocycles. The van der Waals surface area contributed by atoms with Crippen molar-refractivity contribution in [3.8, 4) is 0 Å². The molecule has 15 heavy (non-hydrogen) atoms. The highest BCUT2D eigenvalue weighted by atomic mass is 35.5. The molecule has 84 valence electrons. The maximum absolute atomic E-state index is 12.7. The van der Waals surface area contributed by atoms with Gasteiger partial charge in [-0.05, 0) is 42.9 Å².